The minimum Gasteiger partial charge on any atom is -0.487 e. The van der Waals surface area contributed by atoms with Gasteiger partial charge in [-0.05, 0) is 56.4 Å². The van der Waals surface area contributed by atoms with E-state index in [0.717, 1.165) is 36.5 Å². The van der Waals surface area contributed by atoms with E-state index in [4.69, 9.17) is 4.74 Å². The average molecular weight is 421 g/mol. The molecule has 2 aromatic carbocycles. The molecule has 3 N–H and O–H groups in total. The minimum absolute atomic E-state index is 0.0430. The van der Waals surface area contributed by atoms with Crippen molar-refractivity contribution in [3.63, 3.8) is 0 Å². The number of amides is 1. The molecule has 4 rings (SSSR count). The second-order valence-corrected chi connectivity index (χ2v) is 8.41. The molecule has 0 bridgehead atoms. The SMILES string of the molecule is CCNC(=O)c1ccc(CNC(=NC)NC2CC3(CCCC3)Oc3ccccc32)cc1. The van der Waals surface area contributed by atoms with Gasteiger partial charge in [0, 0.05) is 37.7 Å². The van der Waals surface area contributed by atoms with E-state index in [2.05, 4.69) is 39.1 Å². The first-order chi connectivity index (χ1) is 15.1. The molecule has 1 saturated carbocycles. The molecule has 1 atom stereocenters. The number of hydrogen-bond acceptors (Lipinski definition) is 3. The third-order valence-electron chi connectivity index (χ3n) is 6.26. The molecule has 1 heterocycles. The smallest absolute Gasteiger partial charge is 0.251 e. The number of benzene rings is 2. The van der Waals surface area contributed by atoms with Gasteiger partial charge in [0.25, 0.3) is 5.91 Å². The van der Waals surface area contributed by atoms with E-state index in [0.29, 0.717) is 18.7 Å². The molecule has 1 aliphatic carbocycles. The molecule has 0 saturated heterocycles. The Labute approximate surface area is 184 Å². The predicted octanol–water partition coefficient (Wildman–Crippen LogP) is 3.94. The third kappa shape index (κ3) is 4.84. The Kier molecular flexibility index (Phi) is 6.44. The molecule has 1 amide bonds. The lowest BCUT2D eigenvalue weighted by molar-refractivity contribution is 0.0396. The van der Waals surface area contributed by atoms with Crippen LogP contribution in [0.3, 0.4) is 0 Å². The minimum atomic E-state index is -0.0558. The zero-order valence-corrected chi connectivity index (χ0v) is 18.4. The summed E-state index contributed by atoms with van der Waals surface area (Å²) in [5.74, 6) is 1.71. The number of carbonyl (C=O) groups is 1. The van der Waals surface area contributed by atoms with E-state index in [-0.39, 0.29) is 17.6 Å². The maximum Gasteiger partial charge on any atom is 0.251 e. The highest BCUT2D eigenvalue weighted by Gasteiger charge is 2.43. The normalized spacial score (nSPS) is 19.4. The summed E-state index contributed by atoms with van der Waals surface area (Å²) in [6.45, 7) is 3.17. The fourth-order valence-corrected chi connectivity index (χ4v) is 4.65. The summed E-state index contributed by atoms with van der Waals surface area (Å²) in [6.07, 6.45) is 5.64. The second kappa shape index (κ2) is 9.41. The van der Waals surface area contributed by atoms with Crippen molar-refractivity contribution in [2.75, 3.05) is 13.6 Å². The number of rotatable bonds is 5. The highest BCUT2D eigenvalue weighted by Crippen LogP contribution is 2.46. The Morgan fingerprint density at radius 3 is 2.55 bits per heavy atom. The van der Waals surface area contributed by atoms with E-state index in [9.17, 15) is 4.79 Å². The predicted molar refractivity (Wildman–Crippen MR) is 123 cm³/mol. The Hall–Kier alpha value is -3.02. The lowest BCUT2D eigenvalue weighted by Gasteiger charge is -2.40. The third-order valence-corrected chi connectivity index (χ3v) is 6.26. The van der Waals surface area contributed by atoms with Crippen molar-refractivity contribution >= 4 is 11.9 Å². The molecule has 2 aromatic rings. The first-order valence-corrected chi connectivity index (χ1v) is 11.2. The molecule has 1 unspecified atom stereocenters. The molecule has 0 aromatic heterocycles. The molecular weight excluding hydrogens is 388 g/mol. The van der Waals surface area contributed by atoms with Gasteiger partial charge in [-0.25, -0.2) is 0 Å². The van der Waals surface area contributed by atoms with Gasteiger partial charge in [-0.2, -0.15) is 0 Å². The van der Waals surface area contributed by atoms with Gasteiger partial charge in [-0.3, -0.25) is 9.79 Å². The van der Waals surface area contributed by atoms with Crippen molar-refractivity contribution in [3.05, 3.63) is 65.2 Å². The molecular formula is C25H32N4O2. The van der Waals surface area contributed by atoms with Gasteiger partial charge in [0.2, 0.25) is 0 Å². The number of aliphatic imine (C=N–C) groups is 1. The van der Waals surface area contributed by atoms with Crippen LogP contribution in [0.25, 0.3) is 0 Å². The fraction of sp³-hybridized carbons (Fsp3) is 0.440. The Balaban J connectivity index is 1.41. The number of carbonyl (C=O) groups excluding carboxylic acids is 1. The number of guanidine groups is 1. The summed E-state index contributed by atoms with van der Waals surface area (Å²) >= 11 is 0. The molecule has 6 nitrogen and oxygen atoms in total. The number of ether oxygens (including phenoxy) is 1. The van der Waals surface area contributed by atoms with Crippen LogP contribution >= 0.6 is 0 Å². The molecule has 164 valence electrons. The van der Waals surface area contributed by atoms with Gasteiger partial charge in [0.05, 0.1) is 6.04 Å². The number of nitrogens with one attached hydrogen (secondary N) is 3. The number of fused-ring (bicyclic) bond motifs is 1. The first kappa shape index (κ1) is 21.2. The monoisotopic (exact) mass is 420 g/mol. The fourth-order valence-electron chi connectivity index (χ4n) is 4.65. The van der Waals surface area contributed by atoms with Crippen LogP contribution in [0.4, 0.5) is 0 Å². The van der Waals surface area contributed by atoms with Gasteiger partial charge in [0.15, 0.2) is 5.96 Å². The largest absolute Gasteiger partial charge is 0.487 e. The summed E-state index contributed by atoms with van der Waals surface area (Å²) in [5.41, 5.74) is 2.90. The topological polar surface area (TPSA) is 74.8 Å². The number of nitrogens with zero attached hydrogens (tertiary/aromatic N) is 1. The summed E-state index contributed by atoms with van der Waals surface area (Å²) in [5, 5.41) is 9.86. The van der Waals surface area contributed by atoms with Gasteiger partial charge < -0.3 is 20.7 Å². The van der Waals surface area contributed by atoms with Crippen LogP contribution in [0, 0.1) is 0 Å². The number of hydrogen-bond donors (Lipinski definition) is 3. The lowest BCUT2D eigenvalue weighted by Crippen LogP contribution is -2.46. The van der Waals surface area contributed by atoms with Gasteiger partial charge in [0.1, 0.15) is 11.4 Å². The highest BCUT2D eigenvalue weighted by molar-refractivity contribution is 5.94. The van der Waals surface area contributed by atoms with E-state index < -0.39 is 0 Å². The van der Waals surface area contributed by atoms with Crippen LogP contribution in [-0.4, -0.2) is 31.1 Å². The zero-order valence-electron chi connectivity index (χ0n) is 18.4. The van der Waals surface area contributed by atoms with Gasteiger partial charge in [-0.1, -0.05) is 30.3 Å². The van der Waals surface area contributed by atoms with Crippen LogP contribution in [0.15, 0.2) is 53.5 Å². The molecule has 0 radical (unpaired) electrons. The summed E-state index contributed by atoms with van der Waals surface area (Å²) in [4.78, 5) is 16.4. The van der Waals surface area contributed by atoms with Crippen molar-refractivity contribution in [2.24, 2.45) is 4.99 Å². The Morgan fingerprint density at radius 1 is 1.10 bits per heavy atom. The van der Waals surface area contributed by atoms with Gasteiger partial charge in [-0.15, -0.1) is 0 Å². The standard InChI is InChI=1S/C25H32N4O2/c1-3-27-23(30)19-12-10-18(11-13-19)17-28-24(26-2)29-21-16-25(14-6-7-15-25)31-22-9-5-4-8-20(21)22/h4-5,8-13,21H,3,6-7,14-17H2,1-2H3,(H,27,30)(H2,26,28,29). The second-order valence-electron chi connectivity index (χ2n) is 8.41. The van der Waals surface area contributed by atoms with Crippen LogP contribution in [0.2, 0.25) is 0 Å². The highest BCUT2D eigenvalue weighted by atomic mass is 16.5. The maximum atomic E-state index is 11.9. The maximum absolute atomic E-state index is 11.9. The van der Waals surface area contributed by atoms with E-state index in [1.165, 1.54) is 18.4 Å². The molecule has 1 spiro atoms. The summed E-state index contributed by atoms with van der Waals surface area (Å²) in [7, 11) is 1.80. The van der Waals surface area contributed by atoms with E-state index in [1.807, 2.05) is 37.3 Å². The zero-order chi connectivity index (χ0) is 21.7. The first-order valence-electron chi connectivity index (χ1n) is 11.2. The van der Waals surface area contributed by atoms with Crippen molar-refractivity contribution in [1.82, 2.24) is 16.0 Å². The van der Waals surface area contributed by atoms with Crippen molar-refractivity contribution in [1.29, 1.82) is 0 Å². The van der Waals surface area contributed by atoms with Crippen molar-refractivity contribution in [2.45, 2.75) is 57.2 Å². The quantitative estimate of drug-likeness (QED) is 0.506. The van der Waals surface area contributed by atoms with Crippen LogP contribution in [0.5, 0.6) is 5.75 Å². The van der Waals surface area contributed by atoms with E-state index in [1.54, 1.807) is 7.05 Å². The number of para-hydroxylation sites is 1. The van der Waals surface area contributed by atoms with Gasteiger partial charge >= 0.3 is 0 Å². The molecule has 31 heavy (non-hydrogen) atoms. The van der Waals surface area contributed by atoms with Crippen molar-refractivity contribution in [3.8, 4) is 5.75 Å². The molecule has 6 heteroatoms. The molecule has 2 aliphatic rings. The average Bonchev–Trinajstić information content (AvgIpc) is 3.24. The Bertz CT molecular complexity index is 933. The molecule has 1 aliphatic heterocycles. The lowest BCUT2D eigenvalue weighted by atomic mass is 9.86. The van der Waals surface area contributed by atoms with E-state index >= 15 is 0 Å². The summed E-state index contributed by atoms with van der Waals surface area (Å²) < 4.78 is 6.47. The Morgan fingerprint density at radius 2 is 1.84 bits per heavy atom. The molecule has 1 fully saturated rings. The van der Waals surface area contributed by atoms with Crippen LogP contribution in [0.1, 0.15) is 66.6 Å². The van der Waals surface area contributed by atoms with Crippen LogP contribution in [-0.2, 0) is 6.54 Å². The van der Waals surface area contributed by atoms with Crippen molar-refractivity contribution < 1.29 is 9.53 Å². The van der Waals surface area contributed by atoms with Crippen LogP contribution < -0.4 is 20.7 Å². The summed E-state index contributed by atoms with van der Waals surface area (Å²) in [6, 6.07) is 16.2.